The Labute approximate surface area is 138 Å². The third kappa shape index (κ3) is 3.05. The van der Waals surface area contributed by atoms with Crippen LogP contribution in [-0.4, -0.2) is 19.0 Å². The highest BCUT2D eigenvalue weighted by Crippen LogP contribution is 2.25. The lowest BCUT2D eigenvalue weighted by molar-refractivity contribution is -0.113. The highest BCUT2D eigenvalue weighted by molar-refractivity contribution is 6.32. The van der Waals surface area contributed by atoms with Crippen LogP contribution < -0.4 is 15.0 Å². The number of anilines is 1. The molecule has 1 N–H and O–H groups in total. The van der Waals surface area contributed by atoms with Crippen molar-refractivity contribution in [2.75, 3.05) is 12.0 Å². The van der Waals surface area contributed by atoms with Gasteiger partial charge < -0.3 is 10.1 Å². The summed E-state index contributed by atoms with van der Waals surface area (Å²) in [5.74, 6) is 0.294. The van der Waals surface area contributed by atoms with Gasteiger partial charge in [0.25, 0.3) is 5.91 Å². The fraction of sp³-hybridized carbons (Fsp3) is 0.0588. The average Bonchev–Trinajstić information content (AvgIpc) is 2.82. The summed E-state index contributed by atoms with van der Waals surface area (Å²) in [6.45, 7) is 0. The monoisotopic (exact) mass is 328 g/mol. The molecule has 3 rings (SSSR count). The van der Waals surface area contributed by atoms with Gasteiger partial charge in [0.05, 0.1) is 12.8 Å². The molecule has 1 saturated heterocycles. The number of imide groups is 1. The molecule has 1 heterocycles. The molecule has 2 aromatic rings. The molecule has 0 saturated carbocycles. The van der Waals surface area contributed by atoms with Crippen LogP contribution in [0.1, 0.15) is 5.56 Å². The lowest BCUT2D eigenvalue weighted by atomic mass is 10.2. The number of methoxy groups -OCH3 is 1. The van der Waals surface area contributed by atoms with Crippen molar-refractivity contribution in [1.82, 2.24) is 5.32 Å². The molecule has 1 aliphatic heterocycles. The minimum Gasteiger partial charge on any atom is -0.497 e. The normalized spacial score (nSPS) is 15.9. The largest absolute Gasteiger partial charge is 0.497 e. The van der Waals surface area contributed by atoms with Gasteiger partial charge in [0.2, 0.25) is 0 Å². The van der Waals surface area contributed by atoms with Gasteiger partial charge in [-0.05, 0) is 42.0 Å². The Morgan fingerprint density at radius 2 is 1.87 bits per heavy atom. The Kier molecular flexibility index (Phi) is 4.04. The smallest absolute Gasteiger partial charge is 0.333 e. The van der Waals surface area contributed by atoms with E-state index in [1.54, 1.807) is 61.7 Å². The molecular formula is C17H13ClN2O3. The number of nitrogens with one attached hydrogen (secondary N) is 1. The molecule has 0 spiro atoms. The number of urea groups is 1. The minimum absolute atomic E-state index is 0.208. The predicted octanol–water partition coefficient (Wildman–Crippen LogP) is 3.45. The molecule has 0 radical (unpaired) electrons. The van der Waals surface area contributed by atoms with E-state index in [1.165, 1.54) is 0 Å². The third-order valence-electron chi connectivity index (χ3n) is 3.37. The van der Waals surface area contributed by atoms with Gasteiger partial charge in [-0.25, -0.2) is 9.69 Å². The third-order valence-corrected chi connectivity index (χ3v) is 3.61. The van der Waals surface area contributed by atoms with Crippen LogP contribution in [0.15, 0.2) is 54.2 Å². The standard InChI is InChI=1S/C17H13ClN2O3/c1-23-14-7-5-11(6-8-14)9-15-16(21)20(17(22)19-15)13-4-2-3-12(18)10-13/h2-10H,1H3,(H,19,22)/b15-9+. The number of carbonyl (C=O) groups is 2. The number of hydrogen-bond donors (Lipinski definition) is 1. The first-order valence-electron chi connectivity index (χ1n) is 6.85. The maximum Gasteiger partial charge on any atom is 0.333 e. The summed E-state index contributed by atoms with van der Waals surface area (Å²) in [5.41, 5.74) is 1.42. The lowest BCUT2D eigenvalue weighted by Gasteiger charge is -2.11. The molecule has 3 amide bonds. The first-order chi connectivity index (χ1) is 11.1. The van der Waals surface area contributed by atoms with Crippen LogP contribution in [-0.2, 0) is 4.79 Å². The van der Waals surface area contributed by atoms with Gasteiger partial charge in [0.1, 0.15) is 11.4 Å². The number of ether oxygens (including phenoxy) is 1. The second-order valence-corrected chi connectivity index (χ2v) is 5.32. The van der Waals surface area contributed by atoms with E-state index in [-0.39, 0.29) is 5.70 Å². The molecule has 0 unspecified atom stereocenters. The lowest BCUT2D eigenvalue weighted by Crippen LogP contribution is -2.30. The van der Waals surface area contributed by atoms with E-state index in [0.29, 0.717) is 10.7 Å². The van der Waals surface area contributed by atoms with Crippen molar-refractivity contribution in [3.05, 3.63) is 64.8 Å². The second kappa shape index (κ2) is 6.14. The molecule has 0 aliphatic carbocycles. The Hall–Kier alpha value is -2.79. The molecular weight excluding hydrogens is 316 g/mol. The van der Waals surface area contributed by atoms with E-state index in [4.69, 9.17) is 16.3 Å². The predicted molar refractivity (Wildman–Crippen MR) is 88.4 cm³/mol. The van der Waals surface area contributed by atoms with Crippen molar-refractivity contribution in [2.45, 2.75) is 0 Å². The van der Waals surface area contributed by atoms with Crippen molar-refractivity contribution in [3.63, 3.8) is 0 Å². The summed E-state index contributed by atoms with van der Waals surface area (Å²) in [5, 5.41) is 3.03. The van der Waals surface area contributed by atoms with Gasteiger partial charge in [0, 0.05) is 5.02 Å². The van der Waals surface area contributed by atoms with E-state index < -0.39 is 11.9 Å². The molecule has 2 aromatic carbocycles. The summed E-state index contributed by atoms with van der Waals surface area (Å²) < 4.78 is 5.09. The molecule has 0 aromatic heterocycles. The number of carbonyl (C=O) groups excluding carboxylic acids is 2. The van der Waals surface area contributed by atoms with Crippen molar-refractivity contribution in [1.29, 1.82) is 0 Å². The average molecular weight is 329 g/mol. The zero-order chi connectivity index (χ0) is 16.4. The zero-order valence-corrected chi connectivity index (χ0v) is 13.0. The number of benzene rings is 2. The highest BCUT2D eigenvalue weighted by atomic mass is 35.5. The van der Waals surface area contributed by atoms with Crippen LogP contribution in [0.4, 0.5) is 10.5 Å². The van der Waals surface area contributed by atoms with Gasteiger partial charge in [-0.3, -0.25) is 4.79 Å². The Bertz CT molecular complexity index is 800. The maximum atomic E-state index is 12.5. The molecule has 5 nitrogen and oxygen atoms in total. The summed E-state index contributed by atoms with van der Waals surface area (Å²) in [7, 11) is 1.58. The minimum atomic E-state index is -0.503. The van der Waals surface area contributed by atoms with E-state index in [2.05, 4.69) is 5.32 Å². The van der Waals surface area contributed by atoms with E-state index in [1.807, 2.05) is 0 Å². The molecule has 23 heavy (non-hydrogen) atoms. The molecule has 0 atom stereocenters. The summed E-state index contributed by atoms with van der Waals surface area (Å²) in [6.07, 6.45) is 1.62. The summed E-state index contributed by atoms with van der Waals surface area (Å²) in [6, 6.07) is 13.2. The van der Waals surface area contributed by atoms with Crippen molar-refractivity contribution in [3.8, 4) is 5.75 Å². The molecule has 0 bridgehead atoms. The first-order valence-corrected chi connectivity index (χ1v) is 7.23. The van der Waals surface area contributed by atoms with E-state index in [9.17, 15) is 9.59 Å². The van der Waals surface area contributed by atoms with Gasteiger partial charge in [-0.2, -0.15) is 0 Å². The number of rotatable bonds is 3. The fourth-order valence-electron chi connectivity index (χ4n) is 2.25. The topological polar surface area (TPSA) is 58.6 Å². The van der Waals surface area contributed by atoms with Crippen LogP contribution in [0.5, 0.6) is 5.75 Å². The SMILES string of the molecule is COc1ccc(/C=C2/NC(=O)N(c3cccc(Cl)c3)C2=O)cc1. The van der Waals surface area contributed by atoms with Crippen LogP contribution >= 0.6 is 11.6 Å². The van der Waals surface area contributed by atoms with Crippen molar-refractivity contribution in [2.24, 2.45) is 0 Å². The van der Waals surface area contributed by atoms with Crippen molar-refractivity contribution < 1.29 is 14.3 Å². The Morgan fingerprint density at radius 1 is 1.13 bits per heavy atom. The molecule has 1 fully saturated rings. The number of hydrogen-bond acceptors (Lipinski definition) is 3. The Morgan fingerprint density at radius 3 is 2.52 bits per heavy atom. The number of halogens is 1. The van der Waals surface area contributed by atoms with E-state index >= 15 is 0 Å². The highest BCUT2D eigenvalue weighted by Gasteiger charge is 2.34. The first kappa shape index (κ1) is 15.1. The molecule has 6 heteroatoms. The van der Waals surface area contributed by atoms with Gasteiger partial charge in [0.15, 0.2) is 0 Å². The van der Waals surface area contributed by atoms with Crippen LogP contribution in [0.3, 0.4) is 0 Å². The van der Waals surface area contributed by atoms with Crippen molar-refractivity contribution >= 4 is 35.3 Å². The molecule has 116 valence electrons. The van der Waals surface area contributed by atoms with Gasteiger partial charge in [-0.1, -0.05) is 29.8 Å². The molecule has 1 aliphatic rings. The number of nitrogens with zero attached hydrogens (tertiary/aromatic N) is 1. The van der Waals surface area contributed by atoms with Gasteiger partial charge >= 0.3 is 6.03 Å². The number of amides is 3. The van der Waals surface area contributed by atoms with Crippen LogP contribution in [0.25, 0.3) is 6.08 Å². The van der Waals surface area contributed by atoms with Gasteiger partial charge in [-0.15, -0.1) is 0 Å². The quantitative estimate of drug-likeness (QED) is 0.693. The summed E-state index contributed by atoms with van der Waals surface area (Å²) >= 11 is 5.92. The second-order valence-electron chi connectivity index (χ2n) is 4.88. The fourth-order valence-corrected chi connectivity index (χ4v) is 2.44. The summed E-state index contributed by atoms with van der Waals surface area (Å²) in [4.78, 5) is 25.6. The Balaban J connectivity index is 1.89. The maximum absolute atomic E-state index is 12.5. The zero-order valence-electron chi connectivity index (χ0n) is 12.2. The van der Waals surface area contributed by atoms with Crippen LogP contribution in [0.2, 0.25) is 5.02 Å². The van der Waals surface area contributed by atoms with E-state index in [0.717, 1.165) is 16.2 Å². The van der Waals surface area contributed by atoms with Crippen LogP contribution in [0, 0.1) is 0 Å².